The lowest BCUT2D eigenvalue weighted by Crippen LogP contribution is -2.16. The second-order valence-corrected chi connectivity index (χ2v) is 37.4. The summed E-state index contributed by atoms with van der Waals surface area (Å²) in [4.78, 5) is 103. The van der Waals surface area contributed by atoms with Crippen molar-refractivity contribution in [1.82, 2.24) is 19.9 Å². The first kappa shape index (κ1) is 115. The SMILES string of the molecule is C.C.C.CCCS(=O)(=O)Cl.CCCS(=O)(=O)Nc1ccc(C)c(C(=O)O)c1.CCCS(=O)(=O)Nc1ccc(C)c(C(=O)OC)c1.CCCS(=O)(=O)Nc1ccc(C)c(C(=O)c2c[nH]c3ncc(-c4ccc(Cl)cc4)cc23)c1.COC(=O)c1cc(N)ccc1C.COC(=O)c1cc([N+](=O)[O-])ccc1C.Cc1ccc([N+](=O)[O-])cc1C(=O)O.Clc1ccc(-c2cnc3[nH]ccc3c2)cc1. The van der Waals surface area contributed by atoms with Crippen molar-refractivity contribution in [3.8, 4) is 22.3 Å². The third kappa shape index (κ3) is 36.6. The van der Waals surface area contributed by atoms with Crippen LogP contribution in [0.25, 0.3) is 44.3 Å². The number of nitrogens with zero attached hydrogens (tertiary/aromatic N) is 4. The van der Waals surface area contributed by atoms with Crippen molar-refractivity contribution in [3.05, 3.63) is 303 Å². The van der Waals surface area contributed by atoms with Crippen LogP contribution in [-0.4, -0.2) is 154 Å². The highest BCUT2D eigenvalue weighted by Crippen LogP contribution is 2.31. The van der Waals surface area contributed by atoms with Crippen LogP contribution in [-0.2, 0) is 53.3 Å². The molecule has 0 radical (unpaired) electrons. The van der Waals surface area contributed by atoms with Gasteiger partial charge in [0, 0.05) is 126 Å². The summed E-state index contributed by atoms with van der Waals surface area (Å²) in [6, 6.07) is 48.4. The van der Waals surface area contributed by atoms with Crippen molar-refractivity contribution in [1.29, 1.82) is 0 Å². The van der Waals surface area contributed by atoms with Crippen LogP contribution in [0, 0.1) is 61.8 Å². The number of carboxylic acid groups (broad SMARTS) is 2. The maximum Gasteiger partial charge on any atom is 0.338 e. The van der Waals surface area contributed by atoms with Gasteiger partial charge in [-0.15, -0.1) is 0 Å². The number of nitrogens with two attached hydrogens (primary N) is 1. The summed E-state index contributed by atoms with van der Waals surface area (Å²) in [7, 11) is -4.71. The van der Waals surface area contributed by atoms with Crippen molar-refractivity contribution in [2.24, 2.45) is 0 Å². The number of aromatic amines is 2. The standard InChI is InChI=1S/C24H22ClN3O3S.C13H9ClN2.C12H17NO4S.C11H15NO4S.C9H9NO4.C9H11NO2.C8H7NO4.C3H7ClO2S.3CH4/c1-3-10-32(30,31)28-19-9-4-15(2)20(12-19)23(29)22-14-27-24-21(22)11-17(13-26-24)16-5-7-18(25)8-6-16;14-12-3-1-9(2-4-12)11-7-10-5-6-15-13(10)16-8-11;1-4-7-18(15,16)13-10-6-5-9(2)11(8-10)12(14)17-3;1-3-6-17(15,16)12-9-5-4-8(2)10(7-9)11(13)14;1-6-3-4-7(10(12)13)5-8(6)9(11)14-2;1-6-3-4-7(10)5-8(6)9(11)12-2;1-5-2-3-6(9(12)13)4-7(5)8(10)11;1-2-3-7(4,5)6;;;/h4-9,11-14,28H,3,10H2,1-2H3,(H,26,27);1-8H,(H,15,16);5-6,8,13H,4,7H2,1-3H3;4-5,7,12H,3,6H2,1-2H3,(H,13,14);3-5H,1-2H3;3-5H,10H2,1-2H3;2-4H,1H3,(H,10,11);2-3H2,1H3;3*1H4. The number of nitrogens with one attached hydrogen (secondary N) is 5. The highest BCUT2D eigenvalue weighted by atomic mass is 35.7. The molecule has 4 aromatic heterocycles. The number of ether oxygens (including phenoxy) is 3. The van der Waals surface area contributed by atoms with E-state index in [1.165, 1.54) is 63.8 Å². The van der Waals surface area contributed by atoms with Gasteiger partial charge in [-0.2, -0.15) is 0 Å². The van der Waals surface area contributed by atoms with E-state index >= 15 is 0 Å². The van der Waals surface area contributed by atoms with Crippen molar-refractivity contribution in [2.75, 3.05) is 64.2 Å². The van der Waals surface area contributed by atoms with E-state index in [4.69, 9.17) is 49.8 Å². The topological polar surface area (TPSA) is 513 Å². The summed E-state index contributed by atoms with van der Waals surface area (Å²) >= 11 is 11.8. The van der Waals surface area contributed by atoms with Crippen LogP contribution in [0.5, 0.6) is 0 Å². The first-order chi connectivity index (χ1) is 60.6. The largest absolute Gasteiger partial charge is 0.478 e. The molecule has 40 heteroatoms. The zero-order valence-corrected chi connectivity index (χ0v) is 77.8. The Morgan fingerprint density at radius 1 is 0.417 bits per heavy atom. The molecule has 0 aliphatic carbocycles. The van der Waals surface area contributed by atoms with E-state index in [1.807, 2.05) is 74.8 Å². The molecule has 0 atom stereocenters. The number of nitrogen functional groups attached to an aromatic ring is 1. The molecule has 0 fully saturated rings. The summed E-state index contributed by atoms with van der Waals surface area (Å²) in [5.74, 6) is -3.66. The van der Waals surface area contributed by atoms with E-state index in [-0.39, 0.29) is 90.8 Å². The van der Waals surface area contributed by atoms with Gasteiger partial charge >= 0.3 is 29.8 Å². The smallest absolute Gasteiger partial charge is 0.338 e. The number of aryl methyl sites for hydroxylation is 6. The zero-order chi connectivity index (χ0) is 96.4. The minimum Gasteiger partial charge on any atom is -0.478 e. The molecule has 0 saturated heterocycles. The number of halogens is 3. The van der Waals surface area contributed by atoms with Crippen LogP contribution in [0.4, 0.5) is 34.1 Å². The number of aromatic nitrogens is 4. The lowest BCUT2D eigenvalue weighted by molar-refractivity contribution is -0.385. The molecule has 12 rings (SSSR count). The molecule has 0 spiro atoms. The molecule has 8 aromatic carbocycles. The number of H-pyrrole nitrogens is 2. The van der Waals surface area contributed by atoms with Crippen molar-refractivity contribution >= 4 is 165 Å². The number of nitro groups is 2. The van der Waals surface area contributed by atoms with Crippen LogP contribution >= 0.6 is 33.9 Å². The van der Waals surface area contributed by atoms with Crippen molar-refractivity contribution in [2.45, 2.75) is 117 Å². The number of fused-ring (bicyclic) bond motifs is 2. The van der Waals surface area contributed by atoms with Gasteiger partial charge in [-0.1, -0.05) is 134 Å². The number of carbonyl (C=O) groups is 6. The Kier molecular flexibility index (Phi) is 46.9. The lowest BCUT2D eigenvalue weighted by Gasteiger charge is -2.11. The van der Waals surface area contributed by atoms with Gasteiger partial charge in [0.1, 0.15) is 11.3 Å². The number of benzene rings is 8. The number of anilines is 4. The van der Waals surface area contributed by atoms with Crippen molar-refractivity contribution < 1.29 is 96.7 Å². The van der Waals surface area contributed by atoms with Gasteiger partial charge in [-0.05, 0) is 203 Å². The predicted octanol–water partition coefficient (Wildman–Crippen LogP) is 20.8. The second kappa shape index (κ2) is 53.8. The van der Waals surface area contributed by atoms with E-state index < -0.39 is 72.8 Å². The van der Waals surface area contributed by atoms with Crippen LogP contribution in [0.1, 0.15) is 177 Å². The number of ketones is 1. The second-order valence-electron chi connectivity index (χ2n) is 28.1. The Hall–Kier alpha value is -13.2. The van der Waals surface area contributed by atoms with Gasteiger partial charge in [-0.3, -0.25) is 39.2 Å². The fourth-order valence-electron chi connectivity index (χ4n) is 11.5. The Balaban J connectivity index is 0.000000526. The number of carboxylic acids is 2. The van der Waals surface area contributed by atoms with Gasteiger partial charge < -0.3 is 40.1 Å². The molecular weight excluding hydrogens is 1850 g/mol. The molecule has 132 heavy (non-hydrogen) atoms. The molecule has 33 nitrogen and oxygen atoms in total. The highest BCUT2D eigenvalue weighted by Gasteiger charge is 2.22. The molecule has 0 aliphatic rings. The third-order valence-corrected chi connectivity index (χ3v) is 24.3. The van der Waals surface area contributed by atoms with E-state index in [0.29, 0.717) is 97.7 Å². The van der Waals surface area contributed by atoms with Crippen LogP contribution < -0.4 is 19.9 Å². The predicted molar refractivity (Wildman–Crippen MR) is 522 cm³/mol. The number of pyridine rings is 2. The molecule has 12 aromatic rings. The number of methoxy groups -OCH3 is 3. The fraction of sp³-hybridized carbons (Fsp3) is 0.261. The van der Waals surface area contributed by atoms with Gasteiger partial charge in [-0.25, -0.2) is 67.6 Å². The molecule has 0 saturated carbocycles. The van der Waals surface area contributed by atoms with Crippen LogP contribution in [0.15, 0.2) is 201 Å². The number of hydrogen-bond donors (Lipinski definition) is 8. The normalized spacial score (nSPS) is 10.5. The highest BCUT2D eigenvalue weighted by molar-refractivity contribution is 8.13. The molecule has 0 amide bonds. The lowest BCUT2D eigenvalue weighted by atomic mass is 9.97. The third-order valence-electron chi connectivity index (χ3n) is 18.0. The number of carbonyl (C=O) groups excluding carboxylic acids is 4. The van der Waals surface area contributed by atoms with Crippen LogP contribution in [0.2, 0.25) is 10.0 Å². The number of hydrogen-bond acceptors (Lipinski definition) is 24. The van der Waals surface area contributed by atoms with Crippen LogP contribution in [0.3, 0.4) is 0 Å². The molecular formula is C92H109Cl3N10O23S4. The molecule has 710 valence electrons. The van der Waals surface area contributed by atoms with E-state index in [2.05, 4.69) is 54.4 Å². The zero-order valence-electron chi connectivity index (χ0n) is 72.3. The monoisotopic (exact) mass is 1950 g/mol. The van der Waals surface area contributed by atoms with Gasteiger partial charge in [0.05, 0.1) is 82.0 Å². The van der Waals surface area contributed by atoms with Gasteiger partial charge in [0.25, 0.3) is 11.4 Å². The number of non-ortho nitro benzene ring substituents is 2. The Morgan fingerprint density at radius 2 is 0.750 bits per heavy atom. The molecule has 0 bridgehead atoms. The minimum absolute atomic E-state index is 0. The Morgan fingerprint density at radius 3 is 1.13 bits per heavy atom. The molecule has 9 N–H and O–H groups in total. The number of aromatic carboxylic acids is 2. The number of sulfonamides is 3. The first-order valence-electron chi connectivity index (χ1n) is 38.9. The van der Waals surface area contributed by atoms with Gasteiger partial charge in [0.15, 0.2) is 5.78 Å². The summed E-state index contributed by atoms with van der Waals surface area (Å²) in [5, 5.41) is 41.5. The van der Waals surface area contributed by atoms with Gasteiger partial charge in [0.2, 0.25) is 39.1 Å². The minimum atomic E-state index is -3.45. The summed E-state index contributed by atoms with van der Waals surface area (Å²) < 4.78 is 112. The van der Waals surface area contributed by atoms with E-state index in [9.17, 15) is 82.7 Å². The molecule has 4 heterocycles. The van der Waals surface area contributed by atoms with E-state index in [0.717, 1.165) is 61.1 Å². The van der Waals surface area contributed by atoms with Crippen molar-refractivity contribution in [3.63, 3.8) is 0 Å². The quantitative estimate of drug-likeness (QED) is 0.00501. The maximum atomic E-state index is 13.4. The number of nitro benzene ring substituents is 2. The number of rotatable bonds is 25. The summed E-state index contributed by atoms with van der Waals surface area (Å²) in [6.07, 6.45) is 9.27. The Bertz CT molecular complexity index is 6500. The summed E-state index contributed by atoms with van der Waals surface area (Å²) in [6.45, 7) is 17.5. The number of esters is 3. The fourth-order valence-corrected chi connectivity index (χ4v) is 16.0. The first-order valence-corrected chi connectivity index (χ1v) is 47.1. The molecule has 0 aliphatic heterocycles. The summed E-state index contributed by atoms with van der Waals surface area (Å²) in [5.41, 5.74) is 18.5. The maximum absolute atomic E-state index is 13.4. The average molecular weight is 1960 g/mol. The average Bonchev–Trinajstić information content (AvgIpc) is 1.63. The Labute approximate surface area is 783 Å². The van der Waals surface area contributed by atoms with E-state index in [1.54, 1.807) is 141 Å². The molecule has 0 unspecified atom stereocenters.